The molecule has 0 N–H and O–H groups in total. The first-order valence-electron chi connectivity index (χ1n) is 6.72. The van der Waals surface area contributed by atoms with Crippen LogP contribution in [0.3, 0.4) is 0 Å². The van der Waals surface area contributed by atoms with Gasteiger partial charge in [0, 0.05) is 25.3 Å². The average molecular weight is 242 g/mol. The maximum Gasteiger partial charge on any atom is 0.129 e. The molecule has 4 nitrogen and oxygen atoms in total. The van der Waals surface area contributed by atoms with E-state index in [-0.39, 0.29) is 0 Å². The Bertz CT molecular complexity index is 459. The van der Waals surface area contributed by atoms with Crippen LogP contribution in [0.5, 0.6) is 0 Å². The quantitative estimate of drug-likeness (QED) is 0.790. The Morgan fingerprint density at radius 2 is 2.11 bits per heavy atom. The molecule has 3 heterocycles. The maximum absolute atomic E-state index is 8.92. The Hall–Kier alpha value is -1.60. The number of nitriles is 1. The summed E-state index contributed by atoms with van der Waals surface area (Å²) in [5.74, 6) is 0.954. The molecular weight excluding hydrogens is 224 g/mol. The summed E-state index contributed by atoms with van der Waals surface area (Å²) in [6.45, 7) is 4.62. The van der Waals surface area contributed by atoms with Gasteiger partial charge in [-0.05, 0) is 44.5 Å². The molecule has 0 saturated carbocycles. The first-order chi connectivity index (χ1) is 8.86. The molecule has 1 aromatic rings. The average Bonchev–Trinajstić information content (AvgIpc) is 3.09. The molecule has 18 heavy (non-hydrogen) atoms. The number of likely N-dealkylation sites (tertiary alicyclic amines) is 1. The second-order valence-electron chi connectivity index (χ2n) is 5.15. The van der Waals surface area contributed by atoms with Gasteiger partial charge >= 0.3 is 0 Å². The SMILES string of the molecule is N#Cc1ccnc(N2CCC(N3CCCC3)C2)c1. The highest BCUT2D eigenvalue weighted by Gasteiger charge is 2.29. The van der Waals surface area contributed by atoms with Crippen LogP contribution in [0.15, 0.2) is 18.3 Å². The lowest BCUT2D eigenvalue weighted by Gasteiger charge is -2.24. The van der Waals surface area contributed by atoms with Gasteiger partial charge in [-0.25, -0.2) is 4.98 Å². The molecule has 0 amide bonds. The molecule has 1 aromatic heterocycles. The van der Waals surface area contributed by atoms with E-state index in [1.807, 2.05) is 6.07 Å². The summed E-state index contributed by atoms with van der Waals surface area (Å²) in [5.41, 5.74) is 0.699. The number of pyridine rings is 1. The summed E-state index contributed by atoms with van der Waals surface area (Å²) in [4.78, 5) is 9.30. The third-order valence-corrected chi connectivity index (χ3v) is 4.02. The molecule has 2 aliphatic rings. The lowest BCUT2D eigenvalue weighted by molar-refractivity contribution is 0.260. The minimum Gasteiger partial charge on any atom is -0.355 e. The van der Waals surface area contributed by atoms with Crippen molar-refractivity contribution in [3.05, 3.63) is 23.9 Å². The van der Waals surface area contributed by atoms with E-state index in [0.717, 1.165) is 18.9 Å². The van der Waals surface area contributed by atoms with Gasteiger partial charge in [-0.2, -0.15) is 5.26 Å². The first-order valence-corrected chi connectivity index (χ1v) is 6.72. The molecule has 2 fully saturated rings. The Morgan fingerprint density at radius 3 is 2.89 bits per heavy atom. The van der Waals surface area contributed by atoms with E-state index in [1.54, 1.807) is 12.3 Å². The van der Waals surface area contributed by atoms with Crippen molar-refractivity contribution in [2.24, 2.45) is 0 Å². The molecule has 4 heteroatoms. The fourth-order valence-electron chi connectivity index (χ4n) is 3.02. The van der Waals surface area contributed by atoms with E-state index >= 15 is 0 Å². The van der Waals surface area contributed by atoms with E-state index in [4.69, 9.17) is 5.26 Å². The third kappa shape index (κ3) is 2.19. The molecule has 2 saturated heterocycles. The fraction of sp³-hybridized carbons (Fsp3) is 0.571. The summed E-state index contributed by atoms with van der Waals surface area (Å²) in [6.07, 6.45) is 5.65. The topological polar surface area (TPSA) is 43.2 Å². The minimum atomic E-state index is 0.681. The molecule has 1 atom stereocenters. The third-order valence-electron chi connectivity index (χ3n) is 4.02. The zero-order valence-electron chi connectivity index (χ0n) is 10.5. The van der Waals surface area contributed by atoms with Crippen LogP contribution in [-0.4, -0.2) is 42.1 Å². The van der Waals surface area contributed by atoms with Gasteiger partial charge in [0.15, 0.2) is 0 Å². The standard InChI is InChI=1S/C14H18N4/c15-10-12-3-5-16-14(9-12)18-8-4-13(11-18)17-6-1-2-7-17/h3,5,9,13H,1-2,4,6-8,11H2. The predicted molar refractivity (Wildman–Crippen MR) is 70.4 cm³/mol. The Kier molecular flexibility index (Phi) is 3.16. The summed E-state index contributed by atoms with van der Waals surface area (Å²) in [7, 11) is 0. The van der Waals surface area contributed by atoms with Crippen molar-refractivity contribution in [2.45, 2.75) is 25.3 Å². The summed E-state index contributed by atoms with van der Waals surface area (Å²) < 4.78 is 0. The van der Waals surface area contributed by atoms with Crippen molar-refractivity contribution in [3.8, 4) is 6.07 Å². The van der Waals surface area contributed by atoms with Crippen molar-refractivity contribution in [1.82, 2.24) is 9.88 Å². The molecule has 2 aliphatic heterocycles. The highest BCUT2D eigenvalue weighted by Crippen LogP contribution is 2.24. The maximum atomic E-state index is 8.92. The van der Waals surface area contributed by atoms with Crippen molar-refractivity contribution in [3.63, 3.8) is 0 Å². The Labute approximate surface area is 108 Å². The largest absolute Gasteiger partial charge is 0.355 e. The number of rotatable bonds is 2. The van der Waals surface area contributed by atoms with Gasteiger partial charge in [-0.15, -0.1) is 0 Å². The normalized spacial score (nSPS) is 24.4. The molecular formula is C14H18N4. The van der Waals surface area contributed by atoms with E-state index < -0.39 is 0 Å². The summed E-state index contributed by atoms with van der Waals surface area (Å²) >= 11 is 0. The lowest BCUT2D eigenvalue weighted by Crippen LogP contribution is -2.35. The van der Waals surface area contributed by atoms with Crippen LogP contribution < -0.4 is 4.90 Å². The van der Waals surface area contributed by atoms with Crippen LogP contribution >= 0.6 is 0 Å². The highest BCUT2D eigenvalue weighted by atomic mass is 15.3. The van der Waals surface area contributed by atoms with Gasteiger partial charge in [0.1, 0.15) is 5.82 Å². The number of nitrogens with zero attached hydrogens (tertiary/aromatic N) is 4. The van der Waals surface area contributed by atoms with E-state index in [9.17, 15) is 0 Å². The molecule has 0 spiro atoms. The van der Waals surface area contributed by atoms with Gasteiger partial charge < -0.3 is 4.90 Å². The van der Waals surface area contributed by atoms with E-state index in [2.05, 4.69) is 20.9 Å². The smallest absolute Gasteiger partial charge is 0.129 e. The molecule has 3 rings (SSSR count). The molecule has 0 radical (unpaired) electrons. The zero-order chi connectivity index (χ0) is 12.4. The monoisotopic (exact) mass is 242 g/mol. The van der Waals surface area contributed by atoms with Crippen molar-refractivity contribution < 1.29 is 0 Å². The molecule has 94 valence electrons. The van der Waals surface area contributed by atoms with Gasteiger partial charge in [0.05, 0.1) is 11.6 Å². The van der Waals surface area contributed by atoms with Crippen LogP contribution in [0.4, 0.5) is 5.82 Å². The van der Waals surface area contributed by atoms with Gasteiger partial charge in [0.25, 0.3) is 0 Å². The fourth-order valence-corrected chi connectivity index (χ4v) is 3.02. The summed E-state index contributed by atoms with van der Waals surface area (Å²) in [5, 5.41) is 8.92. The second kappa shape index (κ2) is 4.95. The van der Waals surface area contributed by atoms with E-state index in [0.29, 0.717) is 11.6 Å². The number of anilines is 1. The van der Waals surface area contributed by atoms with Crippen LogP contribution in [-0.2, 0) is 0 Å². The van der Waals surface area contributed by atoms with Crippen LogP contribution in [0.1, 0.15) is 24.8 Å². The van der Waals surface area contributed by atoms with Gasteiger partial charge in [-0.1, -0.05) is 0 Å². The molecule has 0 aromatic carbocycles. The van der Waals surface area contributed by atoms with Crippen LogP contribution in [0.25, 0.3) is 0 Å². The van der Waals surface area contributed by atoms with Crippen LogP contribution in [0, 0.1) is 11.3 Å². The first kappa shape index (κ1) is 11.5. The van der Waals surface area contributed by atoms with Crippen molar-refractivity contribution >= 4 is 5.82 Å². The minimum absolute atomic E-state index is 0.681. The highest BCUT2D eigenvalue weighted by molar-refractivity contribution is 5.45. The number of hydrogen-bond acceptors (Lipinski definition) is 4. The van der Waals surface area contributed by atoms with Gasteiger partial charge in [-0.3, -0.25) is 4.90 Å². The Morgan fingerprint density at radius 1 is 1.28 bits per heavy atom. The van der Waals surface area contributed by atoms with Crippen LogP contribution in [0.2, 0.25) is 0 Å². The van der Waals surface area contributed by atoms with Gasteiger partial charge in [0.2, 0.25) is 0 Å². The van der Waals surface area contributed by atoms with E-state index in [1.165, 1.54) is 32.4 Å². The zero-order valence-corrected chi connectivity index (χ0v) is 10.5. The number of hydrogen-bond donors (Lipinski definition) is 0. The van der Waals surface area contributed by atoms with Crippen molar-refractivity contribution in [2.75, 3.05) is 31.1 Å². The molecule has 1 unspecified atom stereocenters. The summed E-state index contributed by atoms with van der Waals surface area (Å²) in [6, 6.07) is 6.52. The lowest BCUT2D eigenvalue weighted by atomic mass is 10.2. The molecule has 0 aliphatic carbocycles. The van der Waals surface area contributed by atoms with Crippen molar-refractivity contribution in [1.29, 1.82) is 5.26 Å². The molecule has 0 bridgehead atoms. The number of aromatic nitrogens is 1. The Balaban J connectivity index is 1.69. The second-order valence-corrected chi connectivity index (χ2v) is 5.15. The predicted octanol–water partition coefficient (Wildman–Crippen LogP) is 1.63.